The minimum atomic E-state index is -1.07. The topological polar surface area (TPSA) is 87.1 Å². The summed E-state index contributed by atoms with van der Waals surface area (Å²) in [5.74, 6) is -1.26. The third-order valence-electron chi connectivity index (χ3n) is 4.06. The van der Waals surface area contributed by atoms with Crippen LogP contribution in [-0.2, 0) is 4.79 Å². The lowest BCUT2D eigenvalue weighted by Crippen LogP contribution is -2.49. The van der Waals surface area contributed by atoms with Gasteiger partial charge in [-0.1, -0.05) is 19.1 Å². The SMILES string of the molecule is COc1ccc(C2C(C)CN(C(=O)O)CC2C(=O)O)cc1. The largest absolute Gasteiger partial charge is 0.497 e. The first-order valence-corrected chi connectivity index (χ1v) is 6.78. The number of likely N-dealkylation sites (tertiary alicyclic amines) is 1. The number of carboxylic acid groups (broad SMARTS) is 2. The highest BCUT2D eigenvalue weighted by molar-refractivity contribution is 5.74. The van der Waals surface area contributed by atoms with E-state index in [1.54, 1.807) is 19.2 Å². The predicted octanol–water partition coefficient (Wildman–Crippen LogP) is 2.11. The van der Waals surface area contributed by atoms with E-state index in [0.29, 0.717) is 12.3 Å². The van der Waals surface area contributed by atoms with Crippen LogP contribution in [0, 0.1) is 11.8 Å². The van der Waals surface area contributed by atoms with Crippen LogP contribution in [0.2, 0.25) is 0 Å². The van der Waals surface area contributed by atoms with E-state index in [1.165, 1.54) is 4.90 Å². The summed E-state index contributed by atoms with van der Waals surface area (Å²) >= 11 is 0. The first-order valence-electron chi connectivity index (χ1n) is 6.78. The number of carbonyl (C=O) groups is 2. The van der Waals surface area contributed by atoms with E-state index in [1.807, 2.05) is 19.1 Å². The molecule has 0 radical (unpaired) electrons. The van der Waals surface area contributed by atoms with Crippen molar-refractivity contribution in [3.8, 4) is 5.75 Å². The number of hydrogen-bond donors (Lipinski definition) is 2. The number of carboxylic acids is 1. The van der Waals surface area contributed by atoms with Crippen molar-refractivity contribution in [2.45, 2.75) is 12.8 Å². The number of rotatable bonds is 3. The summed E-state index contributed by atoms with van der Waals surface area (Å²) in [5.41, 5.74) is 0.903. The normalized spacial score (nSPS) is 25.4. The smallest absolute Gasteiger partial charge is 0.407 e. The van der Waals surface area contributed by atoms with Gasteiger partial charge >= 0.3 is 12.1 Å². The van der Waals surface area contributed by atoms with Crippen LogP contribution >= 0.6 is 0 Å². The van der Waals surface area contributed by atoms with Crippen molar-refractivity contribution in [2.24, 2.45) is 11.8 Å². The van der Waals surface area contributed by atoms with E-state index < -0.39 is 18.0 Å². The van der Waals surface area contributed by atoms with Gasteiger partial charge in [-0.25, -0.2) is 4.79 Å². The van der Waals surface area contributed by atoms with Gasteiger partial charge in [-0.15, -0.1) is 0 Å². The van der Waals surface area contributed by atoms with Gasteiger partial charge in [0.15, 0.2) is 0 Å². The summed E-state index contributed by atoms with van der Waals surface area (Å²) in [6.45, 7) is 2.25. The van der Waals surface area contributed by atoms with E-state index in [9.17, 15) is 14.7 Å². The fraction of sp³-hybridized carbons (Fsp3) is 0.467. The number of hydrogen-bond acceptors (Lipinski definition) is 3. The standard InChI is InChI=1S/C15H19NO5/c1-9-7-16(15(19)20)8-12(14(17)18)13(9)10-3-5-11(21-2)6-4-10/h3-6,9,12-13H,7-8H2,1-2H3,(H,17,18)(H,19,20). The summed E-state index contributed by atoms with van der Waals surface area (Å²) in [7, 11) is 1.57. The second kappa shape index (κ2) is 6.03. The maximum absolute atomic E-state index is 11.5. The maximum Gasteiger partial charge on any atom is 0.407 e. The number of aliphatic carboxylic acids is 1. The Morgan fingerprint density at radius 1 is 1.19 bits per heavy atom. The summed E-state index contributed by atoms with van der Waals surface area (Å²) < 4.78 is 5.10. The summed E-state index contributed by atoms with van der Waals surface area (Å²) in [6.07, 6.45) is -1.07. The van der Waals surface area contributed by atoms with Crippen molar-refractivity contribution in [2.75, 3.05) is 20.2 Å². The highest BCUT2D eigenvalue weighted by Crippen LogP contribution is 2.38. The van der Waals surface area contributed by atoms with E-state index in [0.717, 1.165) is 5.56 Å². The number of methoxy groups -OCH3 is 1. The Morgan fingerprint density at radius 2 is 1.81 bits per heavy atom. The molecule has 3 unspecified atom stereocenters. The summed E-state index contributed by atoms with van der Waals surface area (Å²) in [5, 5.41) is 18.5. The van der Waals surface area contributed by atoms with Gasteiger partial charge in [0.05, 0.1) is 13.0 Å². The first-order chi connectivity index (χ1) is 9.93. The molecule has 1 aromatic carbocycles. The Bertz CT molecular complexity index is 527. The zero-order chi connectivity index (χ0) is 15.6. The molecule has 1 aromatic rings. The molecule has 2 N–H and O–H groups in total. The Balaban J connectivity index is 2.30. The molecule has 0 aromatic heterocycles. The molecule has 1 fully saturated rings. The molecule has 1 aliphatic rings. The molecular weight excluding hydrogens is 274 g/mol. The zero-order valence-electron chi connectivity index (χ0n) is 12.0. The molecule has 1 amide bonds. The van der Waals surface area contributed by atoms with Crippen molar-refractivity contribution >= 4 is 12.1 Å². The molecule has 3 atom stereocenters. The van der Waals surface area contributed by atoms with E-state index in [-0.39, 0.29) is 18.4 Å². The second-order valence-electron chi connectivity index (χ2n) is 5.41. The van der Waals surface area contributed by atoms with Gasteiger partial charge in [0.1, 0.15) is 5.75 Å². The quantitative estimate of drug-likeness (QED) is 0.891. The van der Waals surface area contributed by atoms with Gasteiger partial charge < -0.3 is 19.8 Å². The van der Waals surface area contributed by atoms with Crippen LogP contribution in [0.4, 0.5) is 4.79 Å². The van der Waals surface area contributed by atoms with Gasteiger partial charge in [-0.05, 0) is 23.6 Å². The Kier molecular flexibility index (Phi) is 4.35. The highest BCUT2D eigenvalue weighted by Gasteiger charge is 2.41. The molecule has 6 nitrogen and oxygen atoms in total. The van der Waals surface area contributed by atoms with Crippen molar-refractivity contribution < 1.29 is 24.5 Å². The van der Waals surface area contributed by atoms with Gasteiger partial charge in [-0.2, -0.15) is 0 Å². The summed E-state index contributed by atoms with van der Waals surface area (Å²) in [4.78, 5) is 23.8. The number of amides is 1. The average molecular weight is 293 g/mol. The number of piperidine rings is 1. The average Bonchev–Trinajstić information content (AvgIpc) is 2.46. The molecule has 0 saturated carbocycles. The molecule has 1 aliphatic heterocycles. The fourth-order valence-electron chi connectivity index (χ4n) is 3.06. The van der Waals surface area contributed by atoms with E-state index >= 15 is 0 Å². The minimum absolute atomic E-state index is 0.0195. The van der Waals surface area contributed by atoms with Crippen molar-refractivity contribution in [3.63, 3.8) is 0 Å². The van der Waals surface area contributed by atoms with Gasteiger partial charge in [0.25, 0.3) is 0 Å². The Labute approximate surface area is 122 Å². The molecule has 114 valence electrons. The number of ether oxygens (including phenoxy) is 1. The number of benzene rings is 1. The first kappa shape index (κ1) is 15.2. The van der Waals surface area contributed by atoms with Crippen LogP contribution in [0.25, 0.3) is 0 Å². The molecular formula is C15H19NO5. The van der Waals surface area contributed by atoms with Crippen LogP contribution in [0.5, 0.6) is 5.75 Å². The number of nitrogens with zero attached hydrogens (tertiary/aromatic N) is 1. The second-order valence-corrected chi connectivity index (χ2v) is 5.41. The van der Waals surface area contributed by atoms with E-state index in [4.69, 9.17) is 9.84 Å². The molecule has 0 spiro atoms. The molecule has 0 aliphatic carbocycles. The lowest BCUT2D eigenvalue weighted by atomic mass is 9.74. The third kappa shape index (κ3) is 3.09. The van der Waals surface area contributed by atoms with E-state index in [2.05, 4.69) is 0 Å². The van der Waals surface area contributed by atoms with Crippen molar-refractivity contribution in [1.29, 1.82) is 0 Å². The van der Waals surface area contributed by atoms with Crippen LogP contribution in [-0.4, -0.2) is 47.4 Å². The van der Waals surface area contributed by atoms with Crippen molar-refractivity contribution in [3.05, 3.63) is 29.8 Å². The predicted molar refractivity (Wildman–Crippen MR) is 75.6 cm³/mol. The minimum Gasteiger partial charge on any atom is -0.497 e. The van der Waals surface area contributed by atoms with Crippen LogP contribution in [0.15, 0.2) is 24.3 Å². The van der Waals surface area contributed by atoms with Gasteiger partial charge in [0, 0.05) is 19.0 Å². The van der Waals surface area contributed by atoms with Crippen LogP contribution < -0.4 is 4.74 Å². The molecule has 21 heavy (non-hydrogen) atoms. The molecule has 0 bridgehead atoms. The molecule has 6 heteroatoms. The Morgan fingerprint density at radius 3 is 2.29 bits per heavy atom. The third-order valence-corrected chi connectivity index (χ3v) is 4.06. The highest BCUT2D eigenvalue weighted by atomic mass is 16.5. The summed E-state index contributed by atoms with van der Waals surface area (Å²) in [6, 6.07) is 7.30. The van der Waals surface area contributed by atoms with Crippen LogP contribution in [0.3, 0.4) is 0 Å². The van der Waals surface area contributed by atoms with Gasteiger partial charge in [0.2, 0.25) is 0 Å². The monoisotopic (exact) mass is 293 g/mol. The fourth-order valence-corrected chi connectivity index (χ4v) is 3.06. The maximum atomic E-state index is 11.5. The molecule has 2 rings (SSSR count). The zero-order valence-corrected chi connectivity index (χ0v) is 12.0. The lowest BCUT2D eigenvalue weighted by molar-refractivity contribution is -0.145. The van der Waals surface area contributed by atoms with Crippen LogP contribution in [0.1, 0.15) is 18.4 Å². The molecule has 1 heterocycles. The van der Waals surface area contributed by atoms with Gasteiger partial charge in [-0.3, -0.25) is 4.79 Å². The Hall–Kier alpha value is -2.24. The lowest BCUT2D eigenvalue weighted by Gasteiger charge is -2.40. The molecule has 1 saturated heterocycles. The van der Waals surface area contributed by atoms with Crippen molar-refractivity contribution in [1.82, 2.24) is 4.90 Å².